The fraction of sp³-hybridized carbons (Fsp3) is 0.941. The van der Waals surface area contributed by atoms with Crippen molar-refractivity contribution in [3.8, 4) is 0 Å². The number of nitrogens with zero attached hydrogens (tertiary/aromatic N) is 1. The highest BCUT2D eigenvalue weighted by molar-refractivity contribution is 5.83. The summed E-state index contributed by atoms with van der Waals surface area (Å²) in [6.45, 7) is 9.55. The molecular formula is C17H32N2O. The number of nitrogens with one attached hydrogen (secondary N) is 1. The molecule has 1 atom stereocenters. The quantitative estimate of drug-likeness (QED) is 0.839. The number of hydrogen-bond acceptors (Lipinski definition) is 2. The minimum atomic E-state index is -0.169. The fourth-order valence-corrected chi connectivity index (χ4v) is 3.65. The van der Waals surface area contributed by atoms with Crippen LogP contribution < -0.4 is 5.32 Å². The van der Waals surface area contributed by atoms with Crippen LogP contribution >= 0.6 is 0 Å². The molecule has 0 radical (unpaired) electrons. The summed E-state index contributed by atoms with van der Waals surface area (Å²) in [5.74, 6) is 1.08. The zero-order valence-electron chi connectivity index (χ0n) is 13.6. The Morgan fingerprint density at radius 3 is 2.55 bits per heavy atom. The van der Waals surface area contributed by atoms with E-state index in [-0.39, 0.29) is 5.41 Å². The molecule has 0 aromatic heterocycles. The molecule has 3 heteroatoms. The van der Waals surface area contributed by atoms with Gasteiger partial charge in [-0.3, -0.25) is 4.79 Å². The first-order chi connectivity index (χ1) is 9.53. The van der Waals surface area contributed by atoms with Crippen molar-refractivity contribution in [1.29, 1.82) is 0 Å². The molecule has 1 aliphatic heterocycles. The Balaban J connectivity index is 2.05. The summed E-state index contributed by atoms with van der Waals surface area (Å²) in [6.07, 6.45) is 8.33. The van der Waals surface area contributed by atoms with Crippen LogP contribution in [-0.2, 0) is 4.79 Å². The van der Waals surface area contributed by atoms with Gasteiger partial charge in [0.05, 0.1) is 5.41 Å². The summed E-state index contributed by atoms with van der Waals surface area (Å²) in [5.41, 5.74) is -0.169. The van der Waals surface area contributed by atoms with Crippen molar-refractivity contribution < 1.29 is 4.79 Å². The lowest BCUT2D eigenvalue weighted by Gasteiger charge is -2.40. The predicted octanol–water partition coefficient (Wildman–Crippen LogP) is 3.19. The number of piperidine rings is 1. The largest absolute Gasteiger partial charge is 0.339 e. The van der Waals surface area contributed by atoms with E-state index in [1.807, 2.05) is 0 Å². The van der Waals surface area contributed by atoms with Gasteiger partial charge in [0.25, 0.3) is 0 Å². The van der Waals surface area contributed by atoms with Gasteiger partial charge in [-0.1, -0.05) is 26.7 Å². The molecule has 2 rings (SSSR count). The van der Waals surface area contributed by atoms with Crippen LogP contribution in [0.2, 0.25) is 0 Å². The summed E-state index contributed by atoms with van der Waals surface area (Å²) >= 11 is 0. The summed E-state index contributed by atoms with van der Waals surface area (Å²) < 4.78 is 0. The SMILES string of the molecule is CC(C)CCN(C(=O)C1(C)CCCNC1)C1CCCC1. The maximum absolute atomic E-state index is 13.1. The third-order valence-electron chi connectivity index (χ3n) is 5.09. The lowest BCUT2D eigenvalue weighted by Crippen LogP contribution is -2.53. The highest BCUT2D eigenvalue weighted by Crippen LogP contribution is 2.32. The maximum atomic E-state index is 13.1. The zero-order chi connectivity index (χ0) is 14.6. The molecule has 0 aromatic rings. The molecule has 0 bridgehead atoms. The Morgan fingerprint density at radius 2 is 2.00 bits per heavy atom. The van der Waals surface area contributed by atoms with Gasteiger partial charge in [0.15, 0.2) is 0 Å². The lowest BCUT2D eigenvalue weighted by atomic mass is 9.81. The molecule has 1 unspecified atom stereocenters. The van der Waals surface area contributed by atoms with Gasteiger partial charge in [0.1, 0.15) is 0 Å². The van der Waals surface area contributed by atoms with Crippen LogP contribution in [0.4, 0.5) is 0 Å². The van der Waals surface area contributed by atoms with Crippen molar-refractivity contribution in [2.45, 2.75) is 71.8 Å². The Kier molecular flexibility index (Phi) is 5.48. The van der Waals surface area contributed by atoms with Crippen LogP contribution in [0, 0.1) is 11.3 Å². The molecule has 1 aliphatic carbocycles. The van der Waals surface area contributed by atoms with E-state index in [0.29, 0.717) is 17.9 Å². The van der Waals surface area contributed by atoms with E-state index in [0.717, 1.165) is 38.9 Å². The highest BCUT2D eigenvalue weighted by Gasteiger charge is 2.40. The smallest absolute Gasteiger partial charge is 0.230 e. The van der Waals surface area contributed by atoms with Crippen molar-refractivity contribution in [3.63, 3.8) is 0 Å². The molecule has 1 saturated carbocycles. The molecule has 3 nitrogen and oxygen atoms in total. The van der Waals surface area contributed by atoms with Crippen LogP contribution in [0.15, 0.2) is 0 Å². The molecular weight excluding hydrogens is 248 g/mol. The molecule has 2 aliphatic rings. The second kappa shape index (κ2) is 6.93. The molecule has 2 fully saturated rings. The van der Waals surface area contributed by atoms with Gasteiger partial charge in [-0.2, -0.15) is 0 Å². The number of rotatable bonds is 5. The van der Waals surface area contributed by atoms with Crippen LogP contribution in [-0.4, -0.2) is 36.5 Å². The Morgan fingerprint density at radius 1 is 1.30 bits per heavy atom. The molecule has 1 N–H and O–H groups in total. The van der Waals surface area contributed by atoms with E-state index >= 15 is 0 Å². The van der Waals surface area contributed by atoms with Gasteiger partial charge >= 0.3 is 0 Å². The summed E-state index contributed by atoms with van der Waals surface area (Å²) in [4.78, 5) is 15.4. The topological polar surface area (TPSA) is 32.3 Å². The zero-order valence-corrected chi connectivity index (χ0v) is 13.6. The van der Waals surface area contributed by atoms with Crippen LogP contribution in [0.25, 0.3) is 0 Å². The molecule has 0 aromatic carbocycles. The number of carbonyl (C=O) groups excluding carboxylic acids is 1. The second-order valence-electron chi connectivity index (χ2n) is 7.46. The van der Waals surface area contributed by atoms with Crippen molar-refractivity contribution in [1.82, 2.24) is 10.2 Å². The Labute approximate surface area is 124 Å². The molecule has 116 valence electrons. The Hall–Kier alpha value is -0.570. The van der Waals surface area contributed by atoms with Crippen molar-refractivity contribution in [3.05, 3.63) is 0 Å². The van der Waals surface area contributed by atoms with Crippen LogP contribution in [0.3, 0.4) is 0 Å². The van der Waals surface area contributed by atoms with Gasteiger partial charge in [-0.05, 0) is 51.5 Å². The number of carbonyl (C=O) groups is 1. The van der Waals surface area contributed by atoms with Gasteiger partial charge in [-0.15, -0.1) is 0 Å². The summed E-state index contributed by atoms with van der Waals surface area (Å²) in [5, 5.41) is 3.42. The van der Waals surface area contributed by atoms with Gasteiger partial charge in [0.2, 0.25) is 5.91 Å². The average Bonchev–Trinajstić information content (AvgIpc) is 2.93. The summed E-state index contributed by atoms with van der Waals surface area (Å²) in [7, 11) is 0. The summed E-state index contributed by atoms with van der Waals surface area (Å²) in [6, 6.07) is 0.514. The van der Waals surface area contributed by atoms with Crippen LogP contribution in [0.1, 0.15) is 65.7 Å². The third kappa shape index (κ3) is 3.75. The number of amides is 1. The molecule has 0 spiro atoms. The maximum Gasteiger partial charge on any atom is 0.230 e. The van der Waals surface area contributed by atoms with E-state index in [1.54, 1.807) is 0 Å². The van der Waals surface area contributed by atoms with E-state index in [9.17, 15) is 4.79 Å². The monoisotopic (exact) mass is 280 g/mol. The molecule has 1 heterocycles. The van der Waals surface area contributed by atoms with Crippen molar-refractivity contribution >= 4 is 5.91 Å². The number of hydrogen-bond donors (Lipinski definition) is 1. The first-order valence-corrected chi connectivity index (χ1v) is 8.55. The third-order valence-corrected chi connectivity index (χ3v) is 5.09. The molecule has 1 saturated heterocycles. The van der Waals surface area contributed by atoms with Gasteiger partial charge < -0.3 is 10.2 Å². The lowest BCUT2D eigenvalue weighted by molar-refractivity contribution is -0.144. The van der Waals surface area contributed by atoms with Crippen molar-refractivity contribution in [2.24, 2.45) is 11.3 Å². The second-order valence-corrected chi connectivity index (χ2v) is 7.46. The molecule has 20 heavy (non-hydrogen) atoms. The fourth-order valence-electron chi connectivity index (χ4n) is 3.65. The first kappa shape index (κ1) is 15.8. The first-order valence-electron chi connectivity index (χ1n) is 8.55. The van der Waals surface area contributed by atoms with Gasteiger partial charge in [0, 0.05) is 19.1 Å². The van der Waals surface area contributed by atoms with Crippen LogP contribution in [0.5, 0.6) is 0 Å². The van der Waals surface area contributed by atoms with E-state index in [1.165, 1.54) is 25.7 Å². The van der Waals surface area contributed by atoms with E-state index < -0.39 is 0 Å². The van der Waals surface area contributed by atoms with Gasteiger partial charge in [-0.25, -0.2) is 0 Å². The predicted molar refractivity (Wildman–Crippen MR) is 83.6 cm³/mol. The minimum absolute atomic E-state index is 0.169. The van der Waals surface area contributed by atoms with E-state index in [4.69, 9.17) is 0 Å². The minimum Gasteiger partial charge on any atom is -0.339 e. The Bertz CT molecular complexity index is 315. The highest BCUT2D eigenvalue weighted by atomic mass is 16.2. The van der Waals surface area contributed by atoms with E-state index in [2.05, 4.69) is 31.0 Å². The van der Waals surface area contributed by atoms with Crippen molar-refractivity contribution in [2.75, 3.05) is 19.6 Å². The standard InChI is InChI=1S/C17H32N2O/c1-14(2)9-12-19(15-7-4-5-8-15)16(20)17(3)10-6-11-18-13-17/h14-15,18H,4-13H2,1-3H3. The molecule has 1 amide bonds. The average molecular weight is 280 g/mol. The normalized spacial score (nSPS) is 28.0.